The molecule has 2 rings (SSSR count). The molecule has 0 aliphatic heterocycles. The van der Waals surface area contributed by atoms with Crippen LogP contribution in [0.3, 0.4) is 0 Å². The molecule has 0 aromatic carbocycles. The molecular weight excluding hydrogens is 200 g/mol. The van der Waals surface area contributed by atoms with Crippen molar-refractivity contribution in [2.24, 2.45) is 5.92 Å². The van der Waals surface area contributed by atoms with E-state index in [1.54, 1.807) is 0 Å². The number of hydrogen-bond donors (Lipinski definition) is 1. The van der Waals surface area contributed by atoms with Crippen LogP contribution in [-0.4, -0.2) is 17.6 Å². The maximum absolute atomic E-state index is 5.58. The standard InChI is InChI=1S/C13H20N2O/c1-10(2)9-16-13-6-5-12(15-8-13)7-14-11-3-4-11/h5-6,8,10-11,14H,3-4,7,9H2,1-2H3. The first-order valence-electron chi connectivity index (χ1n) is 6.05. The third kappa shape index (κ3) is 3.81. The van der Waals surface area contributed by atoms with Crippen LogP contribution in [0.4, 0.5) is 0 Å². The van der Waals surface area contributed by atoms with Gasteiger partial charge in [-0.25, -0.2) is 0 Å². The van der Waals surface area contributed by atoms with Gasteiger partial charge in [-0.05, 0) is 30.9 Å². The summed E-state index contributed by atoms with van der Waals surface area (Å²) in [4.78, 5) is 4.37. The molecule has 0 bridgehead atoms. The fraction of sp³-hybridized carbons (Fsp3) is 0.615. The third-order valence-corrected chi connectivity index (χ3v) is 2.53. The van der Waals surface area contributed by atoms with Crippen LogP contribution in [0, 0.1) is 5.92 Å². The van der Waals surface area contributed by atoms with Gasteiger partial charge in [0, 0.05) is 12.6 Å². The monoisotopic (exact) mass is 220 g/mol. The van der Waals surface area contributed by atoms with E-state index in [4.69, 9.17) is 4.74 Å². The summed E-state index contributed by atoms with van der Waals surface area (Å²) < 4.78 is 5.58. The van der Waals surface area contributed by atoms with Crippen molar-refractivity contribution in [2.45, 2.75) is 39.3 Å². The second kappa shape index (κ2) is 5.30. The van der Waals surface area contributed by atoms with Crippen molar-refractivity contribution in [3.05, 3.63) is 24.0 Å². The van der Waals surface area contributed by atoms with Gasteiger partial charge in [0.2, 0.25) is 0 Å². The normalized spacial score (nSPS) is 15.4. The second-order valence-electron chi connectivity index (χ2n) is 4.85. The Bertz CT molecular complexity index is 292. The van der Waals surface area contributed by atoms with Crippen molar-refractivity contribution in [3.8, 4) is 5.75 Å². The van der Waals surface area contributed by atoms with Gasteiger partial charge in [0.05, 0.1) is 18.5 Å². The summed E-state index contributed by atoms with van der Waals surface area (Å²) in [5.41, 5.74) is 1.09. The van der Waals surface area contributed by atoms with Crippen molar-refractivity contribution in [1.82, 2.24) is 10.3 Å². The number of ether oxygens (including phenoxy) is 1. The lowest BCUT2D eigenvalue weighted by molar-refractivity contribution is 0.270. The minimum absolute atomic E-state index is 0.552. The van der Waals surface area contributed by atoms with Crippen LogP contribution < -0.4 is 10.1 Å². The predicted octanol–water partition coefficient (Wildman–Crippen LogP) is 2.37. The molecule has 16 heavy (non-hydrogen) atoms. The highest BCUT2D eigenvalue weighted by molar-refractivity contribution is 5.19. The van der Waals surface area contributed by atoms with Crippen LogP contribution in [0.2, 0.25) is 0 Å². The summed E-state index contributed by atoms with van der Waals surface area (Å²) in [5.74, 6) is 1.42. The summed E-state index contributed by atoms with van der Waals surface area (Å²) in [5, 5.41) is 3.44. The van der Waals surface area contributed by atoms with Gasteiger partial charge >= 0.3 is 0 Å². The molecule has 1 saturated carbocycles. The second-order valence-corrected chi connectivity index (χ2v) is 4.85. The van der Waals surface area contributed by atoms with E-state index in [0.717, 1.165) is 30.6 Å². The Labute approximate surface area is 97.2 Å². The molecule has 0 spiro atoms. The van der Waals surface area contributed by atoms with E-state index >= 15 is 0 Å². The summed E-state index contributed by atoms with van der Waals surface area (Å²) in [6, 6.07) is 4.77. The van der Waals surface area contributed by atoms with Gasteiger partial charge in [0.1, 0.15) is 5.75 Å². The molecule has 1 aliphatic carbocycles. The Kier molecular flexibility index (Phi) is 3.78. The Morgan fingerprint density at radius 2 is 2.25 bits per heavy atom. The summed E-state index contributed by atoms with van der Waals surface area (Å²) >= 11 is 0. The minimum atomic E-state index is 0.552. The lowest BCUT2D eigenvalue weighted by atomic mass is 10.2. The Balaban J connectivity index is 1.78. The fourth-order valence-electron chi connectivity index (χ4n) is 1.40. The van der Waals surface area contributed by atoms with E-state index in [1.807, 2.05) is 18.3 Å². The number of nitrogens with one attached hydrogen (secondary N) is 1. The highest BCUT2D eigenvalue weighted by Gasteiger charge is 2.19. The molecule has 1 heterocycles. The molecule has 1 aliphatic rings. The van der Waals surface area contributed by atoms with Crippen LogP contribution in [-0.2, 0) is 6.54 Å². The van der Waals surface area contributed by atoms with Crippen molar-refractivity contribution in [3.63, 3.8) is 0 Å². The SMILES string of the molecule is CC(C)COc1ccc(CNC2CC2)nc1. The highest BCUT2D eigenvalue weighted by atomic mass is 16.5. The van der Waals surface area contributed by atoms with Gasteiger partial charge in [-0.2, -0.15) is 0 Å². The van der Waals surface area contributed by atoms with Crippen LogP contribution in [0.5, 0.6) is 5.75 Å². The van der Waals surface area contributed by atoms with Gasteiger partial charge in [0.25, 0.3) is 0 Å². The average molecular weight is 220 g/mol. The Hall–Kier alpha value is -1.09. The first-order valence-corrected chi connectivity index (χ1v) is 6.05. The first kappa shape index (κ1) is 11.4. The average Bonchev–Trinajstić information content (AvgIpc) is 3.09. The van der Waals surface area contributed by atoms with E-state index in [2.05, 4.69) is 24.1 Å². The summed E-state index contributed by atoms with van der Waals surface area (Å²) in [6.07, 6.45) is 4.44. The fourth-order valence-corrected chi connectivity index (χ4v) is 1.40. The molecule has 3 heteroatoms. The lowest BCUT2D eigenvalue weighted by Crippen LogP contribution is -2.16. The molecule has 0 amide bonds. The molecule has 0 atom stereocenters. The molecule has 1 aromatic rings. The number of nitrogens with zero attached hydrogens (tertiary/aromatic N) is 1. The van der Waals surface area contributed by atoms with E-state index in [9.17, 15) is 0 Å². The van der Waals surface area contributed by atoms with Crippen molar-refractivity contribution in [1.29, 1.82) is 0 Å². The number of rotatable bonds is 6. The predicted molar refractivity (Wildman–Crippen MR) is 64.4 cm³/mol. The minimum Gasteiger partial charge on any atom is -0.492 e. The number of hydrogen-bond acceptors (Lipinski definition) is 3. The zero-order chi connectivity index (χ0) is 11.4. The Morgan fingerprint density at radius 3 is 2.81 bits per heavy atom. The molecule has 88 valence electrons. The van der Waals surface area contributed by atoms with Crippen LogP contribution in [0.1, 0.15) is 32.4 Å². The zero-order valence-corrected chi connectivity index (χ0v) is 10.1. The quantitative estimate of drug-likeness (QED) is 0.799. The number of aromatic nitrogens is 1. The summed E-state index contributed by atoms with van der Waals surface area (Å²) in [6.45, 7) is 5.90. The maximum Gasteiger partial charge on any atom is 0.137 e. The third-order valence-electron chi connectivity index (χ3n) is 2.53. The molecule has 0 unspecified atom stereocenters. The van der Waals surface area contributed by atoms with Crippen LogP contribution >= 0.6 is 0 Å². The van der Waals surface area contributed by atoms with Crippen molar-refractivity contribution < 1.29 is 4.74 Å². The molecule has 1 aromatic heterocycles. The van der Waals surface area contributed by atoms with Crippen molar-refractivity contribution >= 4 is 0 Å². The van der Waals surface area contributed by atoms with E-state index < -0.39 is 0 Å². The van der Waals surface area contributed by atoms with Gasteiger partial charge < -0.3 is 10.1 Å². The molecule has 0 saturated heterocycles. The smallest absolute Gasteiger partial charge is 0.137 e. The largest absolute Gasteiger partial charge is 0.492 e. The van der Waals surface area contributed by atoms with E-state index in [0.29, 0.717) is 5.92 Å². The van der Waals surface area contributed by atoms with E-state index in [1.165, 1.54) is 12.8 Å². The van der Waals surface area contributed by atoms with Gasteiger partial charge in [0.15, 0.2) is 0 Å². The van der Waals surface area contributed by atoms with Gasteiger partial charge in [-0.3, -0.25) is 4.98 Å². The lowest BCUT2D eigenvalue weighted by Gasteiger charge is -2.08. The summed E-state index contributed by atoms with van der Waals surface area (Å²) in [7, 11) is 0. The van der Waals surface area contributed by atoms with Crippen LogP contribution in [0.15, 0.2) is 18.3 Å². The number of pyridine rings is 1. The molecule has 1 N–H and O–H groups in total. The van der Waals surface area contributed by atoms with E-state index in [-0.39, 0.29) is 0 Å². The molecule has 3 nitrogen and oxygen atoms in total. The molecule has 1 fully saturated rings. The maximum atomic E-state index is 5.58. The molecular formula is C13H20N2O. The highest BCUT2D eigenvalue weighted by Crippen LogP contribution is 2.19. The molecule has 0 radical (unpaired) electrons. The zero-order valence-electron chi connectivity index (χ0n) is 10.1. The Morgan fingerprint density at radius 1 is 1.44 bits per heavy atom. The topological polar surface area (TPSA) is 34.1 Å². The van der Waals surface area contributed by atoms with Crippen LogP contribution in [0.25, 0.3) is 0 Å². The van der Waals surface area contributed by atoms with Gasteiger partial charge in [-0.15, -0.1) is 0 Å². The van der Waals surface area contributed by atoms with Crippen molar-refractivity contribution in [2.75, 3.05) is 6.61 Å². The van der Waals surface area contributed by atoms with Gasteiger partial charge in [-0.1, -0.05) is 13.8 Å². The first-order chi connectivity index (χ1) is 7.74.